The van der Waals surface area contributed by atoms with Crippen molar-refractivity contribution in [2.75, 3.05) is 0 Å². The lowest BCUT2D eigenvalue weighted by molar-refractivity contribution is 0.644. The smallest absolute Gasteiger partial charge is 0.277 e. The molecule has 0 saturated heterocycles. The highest BCUT2D eigenvalue weighted by atomic mass is 127. The van der Waals surface area contributed by atoms with Gasteiger partial charge in [0.15, 0.2) is 5.58 Å². The van der Waals surface area contributed by atoms with E-state index in [4.69, 9.17) is 4.42 Å². The van der Waals surface area contributed by atoms with E-state index in [-0.39, 0.29) is 0 Å². The van der Waals surface area contributed by atoms with Crippen molar-refractivity contribution < 1.29 is 4.42 Å². The topological polar surface area (TPSA) is 26.0 Å². The summed E-state index contributed by atoms with van der Waals surface area (Å²) < 4.78 is 7.09. The van der Waals surface area contributed by atoms with Gasteiger partial charge >= 0.3 is 0 Å². The molecule has 11 heavy (non-hydrogen) atoms. The van der Waals surface area contributed by atoms with Crippen LogP contribution in [-0.4, -0.2) is 21.3 Å². The molecule has 0 N–H and O–H groups in total. The van der Waals surface area contributed by atoms with E-state index in [2.05, 4.69) is 43.9 Å². The first-order valence-electron chi connectivity index (χ1n) is 3.07. The van der Waals surface area contributed by atoms with E-state index in [1.807, 2.05) is 18.2 Å². The Morgan fingerprint density at radius 3 is 3.09 bits per heavy atom. The van der Waals surface area contributed by atoms with Crippen LogP contribution in [0.25, 0.3) is 11.1 Å². The quantitative estimate of drug-likeness (QED) is 0.532. The normalized spacial score (nSPS) is 10.6. The average molecular weight is 271 g/mol. The predicted molar refractivity (Wildman–Crippen MR) is 52.1 cm³/mol. The highest BCUT2D eigenvalue weighted by Gasteiger charge is 1.99. The van der Waals surface area contributed by atoms with Crippen molar-refractivity contribution in [2.45, 2.75) is 0 Å². The van der Waals surface area contributed by atoms with E-state index in [1.54, 1.807) is 0 Å². The third-order valence-electron chi connectivity index (χ3n) is 1.37. The van der Waals surface area contributed by atoms with Gasteiger partial charge in [0.1, 0.15) is 5.52 Å². The van der Waals surface area contributed by atoms with Gasteiger partial charge in [-0.2, -0.15) is 0 Å². The van der Waals surface area contributed by atoms with Crippen molar-refractivity contribution in [1.29, 1.82) is 0 Å². The van der Waals surface area contributed by atoms with Crippen molar-refractivity contribution in [3.8, 4) is 0 Å². The molecule has 52 valence electrons. The minimum atomic E-state index is 0.641. The Kier molecular flexibility index (Phi) is 1.92. The number of benzene rings is 1. The van der Waals surface area contributed by atoms with Crippen LogP contribution in [0.5, 0.6) is 0 Å². The van der Waals surface area contributed by atoms with Crippen LogP contribution in [0.2, 0.25) is 0 Å². The molecule has 2 aromatic rings. The van der Waals surface area contributed by atoms with E-state index >= 15 is 0 Å². The molecular formula is C7H3AlINO. The second-order valence-electron chi connectivity index (χ2n) is 2.16. The van der Waals surface area contributed by atoms with Crippen LogP contribution in [0.4, 0.5) is 0 Å². The lowest BCUT2D eigenvalue weighted by Gasteiger charge is -1.86. The van der Waals surface area contributed by atoms with Gasteiger partial charge in [0.05, 0.1) is 4.75 Å². The zero-order chi connectivity index (χ0) is 7.84. The molecule has 0 spiro atoms. The number of rotatable bonds is 0. The van der Waals surface area contributed by atoms with Crippen molar-refractivity contribution in [3.05, 3.63) is 21.8 Å². The van der Waals surface area contributed by atoms with Crippen molar-refractivity contribution in [3.63, 3.8) is 0 Å². The minimum absolute atomic E-state index is 0.641. The Balaban J connectivity index is 2.82. The lowest BCUT2D eigenvalue weighted by atomic mass is 10.3. The largest absolute Gasteiger partial charge is 0.463 e. The highest BCUT2D eigenvalue weighted by molar-refractivity contribution is 14.1. The van der Waals surface area contributed by atoms with Crippen molar-refractivity contribution >= 4 is 54.7 Å². The van der Waals surface area contributed by atoms with Gasteiger partial charge in [-0.05, 0) is 40.8 Å². The Bertz CT molecular complexity index is 398. The molecule has 1 aromatic carbocycles. The van der Waals surface area contributed by atoms with Gasteiger partial charge in [-0.15, -0.1) is 0 Å². The van der Waals surface area contributed by atoms with Crippen LogP contribution >= 0.6 is 22.6 Å². The molecule has 4 heteroatoms. The second-order valence-corrected chi connectivity index (χ2v) is 3.90. The summed E-state index contributed by atoms with van der Waals surface area (Å²) in [6, 6.07) is 5.92. The molecule has 0 aliphatic carbocycles. The standard InChI is InChI=1S/C7H3INO.Al/c8-5-1-2-7-6(3-5)9-4-10-7;/h1-3H;. The molecule has 0 aliphatic heterocycles. The van der Waals surface area contributed by atoms with Crippen molar-refractivity contribution in [2.24, 2.45) is 0 Å². The van der Waals surface area contributed by atoms with Crippen LogP contribution in [0, 0.1) is 3.57 Å². The maximum absolute atomic E-state index is 5.27. The van der Waals surface area contributed by atoms with Crippen LogP contribution in [-0.2, 0) is 0 Å². The predicted octanol–water partition coefficient (Wildman–Crippen LogP) is 1.23. The molecule has 2 rings (SSSR count). The molecule has 2 radical (unpaired) electrons. The van der Waals surface area contributed by atoms with E-state index < -0.39 is 0 Å². The first-order chi connectivity index (χ1) is 5.25. The summed E-state index contributed by atoms with van der Waals surface area (Å²) in [4.78, 5) is 4.17. The molecule has 0 aliphatic rings. The maximum Gasteiger partial charge on any atom is 0.277 e. The van der Waals surface area contributed by atoms with E-state index in [9.17, 15) is 0 Å². The molecule has 2 nitrogen and oxygen atoms in total. The fraction of sp³-hybridized carbons (Fsp3) is 0. The van der Waals surface area contributed by atoms with E-state index in [0.29, 0.717) is 4.75 Å². The summed E-state index contributed by atoms with van der Waals surface area (Å²) in [5, 5.41) is 0. The maximum atomic E-state index is 5.27. The second kappa shape index (κ2) is 2.78. The van der Waals surface area contributed by atoms with Gasteiger partial charge < -0.3 is 4.42 Å². The van der Waals surface area contributed by atoms with Gasteiger partial charge in [-0.25, -0.2) is 4.98 Å². The number of nitrogens with zero attached hydrogens (tertiary/aromatic N) is 1. The van der Waals surface area contributed by atoms with Crippen LogP contribution in [0.15, 0.2) is 22.6 Å². The Morgan fingerprint density at radius 2 is 2.27 bits per heavy atom. The molecule has 0 bridgehead atoms. The molecular weight excluding hydrogens is 268 g/mol. The summed E-state index contributed by atoms with van der Waals surface area (Å²) in [6.07, 6.45) is 0. The van der Waals surface area contributed by atoms with E-state index in [0.717, 1.165) is 11.1 Å². The zero-order valence-electron chi connectivity index (χ0n) is 5.54. The molecule has 0 fully saturated rings. The summed E-state index contributed by atoms with van der Waals surface area (Å²) in [5.41, 5.74) is 1.76. The first-order valence-corrected chi connectivity index (χ1v) is 4.73. The molecule has 1 heterocycles. The first kappa shape index (κ1) is 7.59. The number of hydrogen-bond acceptors (Lipinski definition) is 2. The lowest BCUT2D eigenvalue weighted by Crippen LogP contribution is -1.99. The number of halogens is 1. The number of hydrogen-bond donors (Lipinski definition) is 0. The van der Waals surface area contributed by atoms with Crippen LogP contribution in [0.1, 0.15) is 0 Å². The van der Waals surface area contributed by atoms with Gasteiger partial charge in [0.2, 0.25) is 0 Å². The highest BCUT2D eigenvalue weighted by Crippen LogP contribution is 2.13. The SMILES string of the molecule is [Al][c]1nc2cc(I)ccc2o1. The zero-order valence-corrected chi connectivity index (χ0v) is 8.86. The molecule has 1 aromatic heterocycles. The van der Waals surface area contributed by atoms with Gasteiger partial charge in [0.25, 0.3) is 16.3 Å². The summed E-state index contributed by atoms with van der Waals surface area (Å²) in [5.74, 6) is 0. The van der Waals surface area contributed by atoms with Gasteiger partial charge in [-0.1, -0.05) is 0 Å². The average Bonchev–Trinajstić information content (AvgIpc) is 2.27. The Morgan fingerprint density at radius 1 is 1.45 bits per heavy atom. The number of oxazole rings is 1. The Labute approximate surface area is 85.6 Å². The molecule has 0 amide bonds. The fourth-order valence-electron chi connectivity index (χ4n) is 0.918. The van der Waals surface area contributed by atoms with Gasteiger partial charge in [0, 0.05) is 3.57 Å². The van der Waals surface area contributed by atoms with Crippen LogP contribution < -0.4 is 4.75 Å². The summed E-state index contributed by atoms with van der Waals surface area (Å²) in [6.45, 7) is 0. The summed E-state index contributed by atoms with van der Waals surface area (Å²) in [7, 11) is 0. The summed E-state index contributed by atoms with van der Waals surface area (Å²) >= 11 is 4.69. The Hall–Kier alpha value is -0.0475. The molecule has 0 saturated carbocycles. The minimum Gasteiger partial charge on any atom is -0.463 e. The van der Waals surface area contributed by atoms with Gasteiger partial charge in [-0.3, -0.25) is 0 Å². The van der Waals surface area contributed by atoms with Crippen molar-refractivity contribution in [1.82, 2.24) is 4.98 Å². The third kappa shape index (κ3) is 1.43. The molecule has 0 atom stereocenters. The number of fused-ring (bicyclic) bond motifs is 1. The number of aromatic nitrogens is 1. The fourth-order valence-corrected chi connectivity index (χ4v) is 1.66. The van der Waals surface area contributed by atoms with E-state index in [1.165, 1.54) is 3.57 Å². The monoisotopic (exact) mass is 271 g/mol. The third-order valence-corrected chi connectivity index (χ3v) is 2.28. The van der Waals surface area contributed by atoms with Crippen LogP contribution in [0.3, 0.4) is 0 Å². The molecule has 0 unspecified atom stereocenters.